The first-order chi connectivity index (χ1) is 5.76. The van der Waals surface area contributed by atoms with Crippen LogP contribution in [0.1, 0.15) is 34.6 Å². The molecule has 1 fully saturated rings. The first-order valence-corrected chi connectivity index (χ1v) is 4.82. The van der Waals surface area contributed by atoms with Crippen LogP contribution in [-0.2, 0) is 4.79 Å². The first kappa shape index (κ1) is 10.5. The molecule has 0 unspecified atom stereocenters. The molecule has 13 heavy (non-hydrogen) atoms. The lowest BCUT2D eigenvalue weighted by molar-refractivity contribution is -0.139. The van der Waals surface area contributed by atoms with Crippen molar-refractivity contribution in [3.63, 3.8) is 0 Å². The van der Waals surface area contributed by atoms with Gasteiger partial charge in [-0.1, -0.05) is 0 Å². The predicted molar refractivity (Wildman–Crippen MR) is 53.5 cm³/mol. The highest BCUT2D eigenvalue weighted by Gasteiger charge is 2.42. The molecule has 1 aliphatic rings. The van der Waals surface area contributed by atoms with Gasteiger partial charge in [0, 0.05) is 18.6 Å². The topological polar surface area (TPSA) is 32.3 Å². The molecular formula is C10H20N2O. The molecule has 0 spiro atoms. The molecule has 1 N–H and O–H groups in total. The second-order valence-corrected chi connectivity index (χ2v) is 5.14. The van der Waals surface area contributed by atoms with Gasteiger partial charge in [0.05, 0.1) is 5.54 Å². The SMILES string of the molecule is CC(C)(C)N1CCNC(=O)C1(C)C. The third-order valence-electron chi connectivity index (χ3n) is 2.66. The average Bonchev–Trinajstić information content (AvgIpc) is 1.92. The van der Waals surface area contributed by atoms with E-state index in [9.17, 15) is 4.79 Å². The van der Waals surface area contributed by atoms with E-state index in [4.69, 9.17) is 0 Å². The van der Waals surface area contributed by atoms with Gasteiger partial charge < -0.3 is 5.32 Å². The number of carbonyl (C=O) groups is 1. The maximum absolute atomic E-state index is 11.6. The largest absolute Gasteiger partial charge is 0.353 e. The van der Waals surface area contributed by atoms with Crippen molar-refractivity contribution in [1.29, 1.82) is 0 Å². The van der Waals surface area contributed by atoms with Crippen molar-refractivity contribution in [3.05, 3.63) is 0 Å². The van der Waals surface area contributed by atoms with E-state index < -0.39 is 0 Å². The fourth-order valence-corrected chi connectivity index (χ4v) is 2.07. The third kappa shape index (κ3) is 1.85. The van der Waals surface area contributed by atoms with Gasteiger partial charge in [0.2, 0.25) is 5.91 Å². The lowest BCUT2D eigenvalue weighted by atomic mass is 9.92. The van der Waals surface area contributed by atoms with Gasteiger partial charge in [-0.3, -0.25) is 9.69 Å². The lowest BCUT2D eigenvalue weighted by Gasteiger charge is -2.48. The monoisotopic (exact) mass is 184 g/mol. The zero-order valence-electron chi connectivity index (χ0n) is 9.27. The molecule has 0 aromatic rings. The summed E-state index contributed by atoms with van der Waals surface area (Å²) in [5, 5.41) is 2.89. The van der Waals surface area contributed by atoms with E-state index in [-0.39, 0.29) is 17.0 Å². The fourth-order valence-electron chi connectivity index (χ4n) is 2.07. The molecule has 1 saturated heterocycles. The van der Waals surface area contributed by atoms with Crippen molar-refractivity contribution in [2.45, 2.75) is 45.7 Å². The highest BCUT2D eigenvalue weighted by atomic mass is 16.2. The Labute approximate surface area is 80.5 Å². The second kappa shape index (κ2) is 2.98. The molecule has 76 valence electrons. The van der Waals surface area contributed by atoms with E-state index in [0.717, 1.165) is 13.1 Å². The Morgan fingerprint density at radius 3 is 2.31 bits per heavy atom. The van der Waals surface area contributed by atoms with Gasteiger partial charge in [0.1, 0.15) is 0 Å². The molecule has 1 amide bonds. The van der Waals surface area contributed by atoms with E-state index in [1.54, 1.807) is 0 Å². The molecule has 3 heteroatoms. The van der Waals surface area contributed by atoms with Crippen LogP contribution in [-0.4, -0.2) is 35.0 Å². The number of rotatable bonds is 0. The molecular weight excluding hydrogens is 164 g/mol. The van der Waals surface area contributed by atoms with Crippen LogP contribution in [0.25, 0.3) is 0 Å². The minimum atomic E-state index is -0.378. The molecule has 0 aromatic carbocycles. The van der Waals surface area contributed by atoms with Crippen LogP contribution in [0.3, 0.4) is 0 Å². The standard InChI is InChI=1S/C10H20N2O/c1-9(2,3)12-7-6-11-8(13)10(12,4)5/h6-7H2,1-5H3,(H,11,13). The average molecular weight is 184 g/mol. The van der Waals surface area contributed by atoms with Gasteiger partial charge in [-0.05, 0) is 34.6 Å². The summed E-state index contributed by atoms with van der Waals surface area (Å²) in [7, 11) is 0. The Morgan fingerprint density at radius 1 is 1.38 bits per heavy atom. The highest BCUT2D eigenvalue weighted by Crippen LogP contribution is 2.26. The minimum Gasteiger partial charge on any atom is -0.353 e. The summed E-state index contributed by atoms with van der Waals surface area (Å²) < 4.78 is 0. The van der Waals surface area contributed by atoms with Crippen LogP contribution in [0.5, 0.6) is 0 Å². The van der Waals surface area contributed by atoms with Crippen molar-refractivity contribution >= 4 is 5.91 Å². The third-order valence-corrected chi connectivity index (χ3v) is 2.66. The summed E-state index contributed by atoms with van der Waals surface area (Å²) in [5.74, 6) is 0.133. The van der Waals surface area contributed by atoms with Crippen LogP contribution >= 0.6 is 0 Å². The van der Waals surface area contributed by atoms with Crippen LogP contribution < -0.4 is 5.32 Å². The van der Waals surface area contributed by atoms with Crippen molar-refractivity contribution < 1.29 is 4.79 Å². The number of hydrogen-bond donors (Lipinski definition) is 1. The van der Waals surface area contributed by atoms with E-state index >= 15 is 0 Å². The molecule has 0 aliphatic carbocycles. The zero-order chi connectivity index (χ0) is 10.3. The molecule has 1 rings (SSSR count). The lowest BCUT2D eigenvalue weighted by Crippen LogP contribution is -2.66. The maximum atomic E-state index is 11.6. The van der Waals surface area contributed by atoms with E-state index in [1.165, 1.54) is 0 Å². The Hall–Kier alpha value is -0.570. The van der Waals surface area contributed by atoms with Gasteiger partial charge in [-0.25, -0.2) is 0 Å². The molecule has 1 heterocycles. The number of amides is 1. The summed E-state index contributed by atoms with van der Waals surface area (Å²) in [6.45, 7) is 12.1. The number of nitrogens with one attached hydrogen (secondary N) is 1. The predicted octanol–water partition coefficient (Wildman–Crippen LogP) is 0.995. The van der Waals surface area contributed by atoms with E-state index in [0.29, 0.717) is 0 Å². The minimum absolute atomic E-state index is 0.0568. The number of nitrogens with zero attached hydrogens (tertiary/aromatic N) is 1. The van der Waals surface area contributed by atoms with Crippen LogP contribution in [0.4, 0.5) is 0 Å². The van der Waals surface area contributed by atoms with Crippen molar-refractivity contribution in [2.24, 2.45) is 0 Å². The maximum Gasteiger partial charge on any atom is 0.240 e. The molecule has 0 bridgehead atoms. The zero-order valence-corrected chi connectivity index (χ0v) is 9.27. The summed E-state index contributed by atoms with van der Waals surface area (Å²) in [4.78, 5) is 13.9. The van der Waals surface area contributed by atoms with Crippen LogP contribution in [0.15, 0.2) is 0 Å². The quantitative estimate of drug-likeness (QED) is 0.609. The smallest absolute Gasteiger partial charge is 0.240 e. The number of hydrogen-bond acceptors (Lipinski definition) is 2. The van der Waals surface area contributed by atoms with Gasteiger partial charge in [-0.2, -0.15) is 0 Å². The van der Waals surface area contributed by atoms with Gasteiger partial charge in [0.25, 0.3) is 0 Å². The Morgan fingerprint density at radius 2 is 1.92 bits per heavy atom. The van der Waals surface area contributed by atoms with Gasteiger partial charge in [-0.15, -0.1) is 0 Å². The molecule has 1 aliphatic heterocycles. The van der Waals surface area contributed by atoms with E-state index in [1.807, 2.05) is 13.8 Å². The summed E-state index contributed by atoms with van der Waals surface area (Å²) >= 11 is 0. The number of carbonyl (C=O) groups excluding carboxylic acids is 1. The molecule has 0 saturated carbocycles. The summed E-state index contributed by atoms with van der Waals surface area (Å²) in [5.41, 5.74) is -0.322. The first-order valence-electron chi connectivity index (χ1n) is 4.82. The van der Waals surface area contributed by atoms with Gasteiger partial charge >= 0.3 is 0 Å². The Kier molecular flexibility index (Phi) is 2.41. The Balaban J connectivity index is 2.91. The number of piperazine rings is 1. The molecule has 0 aromatic heterocycles. The van der Waals surface area contributed by atoms with Crippen molar-refractivity contribution in [3.8, 4) is 0 Å². The van der Waals surface area contributed by atoms with Crippen LogP contribution in [0, 0.1) is 0 Å². The van der Waals surface area contributed by atoms with Crippen molar-refractivity contribution in [1.82, 2.24) is 10.2 Å². The van der Waals surface area contributed by atoms with Crippen LogP contribution in [0.2, 0.25) is 0 Å². The normalized spacial score (nSPS) is 24.2. The highest BCUT2D eigenvalue weighted by molar-refractivity contribution is 5.86. The molecule has 0 radical (unpaired) electrons. The Bertz CT molecular complexity index is 215. The fraction of sp³-hybridized carbons (Fsp3) is 0.900. The summed E-state index contributed by atoms with van der Waals surface area (Å²) in [6.07, 6.45) is 0. The molecule has 0 atom stereocenters. The van der Waals surface area contributed by atoms with E-state index in [2.05, 4.69) is 31.0 Å². The van der Waals surface area contributed by atoms with Gasteiger partial charge in [0.15, 0.2) is 0 Å². The van der Waals surface area contributed by atoms with Crippen molar-refractivity contribution in [2.75, 3.05) is 13.1 Å². The molecule has 3 nitrogen and oxygen atoms in total. The second-order valence-electron chi connectivity index (χ2n) is 5.14. The summed E-state index contributed by atoms with van der Waals surface area (Å²) in [6, 6.07) is 0.